The van der Waals surface area contributed by atoms with Crippen LogP contribution in [0.1, 0.15) is 32.7 Å². The van der Waals surface area contributed by atoms with E-state index in [4.69, 9.17) is 4.74 Å². The van der Waals surface area contributed by atoms with Gasteiger partial charge < -0.3 is 9.64 Å². The minimum Gasteiger partial charge on any atom is -0.384 e. The zero-order chi connectivity index (χ0) is 15.0. The van der Waals surface area contributed by atoms with Crippen LogP contribution in [0.25, 0.3) is 0 Å². The lowest BCUT2D eigenvalue weighted by molar-refractivity contribution is 0.0673. The molecule has 0 spiro atoms. The average Bonchev–Trinajstić information content (AvgIpc) is 3.03. The van der Waals surface area contributed by atoms with Crippen LogP contribution in [0.5, 0.6) is 0 Å². The molecule has 0 aromatic carbocycles. The molecular formula is C14H18N4O2S. The number of ether oxygens (including phenoxy) is 1. The van der Waals surface area contributed by atoms with E-state index in [0.717, 1.165) is 16.3 Å². The third-order valence-corrected chi connectivity index (χ3v) is 4.39. The molecule has 0 fully saturated rings. The summed E-state index contributed by atoms with van der Waals surface area (Å²) in [5.41, 5.74) is 2.66. The van der Waals surface area contributed by atoms with Gasteiger partial charge in [-0.25, -0.2) is 4.98 Å². The summed E-state index contributed by atoms with van der Waals surface area (Å²) in [6.07, 6.45) is 1.98. The van der Waals surface area contributed by atoms with Crippen LogP contribution in [0, 0.1) is 6.92 Å². The molecule has 1 aliphatic rings. The Kier molecular flexibility index (Phi) is 3.77. The van der Waals surface area contributed by atoms with Crippen molar-refractivity contribution in [3.05, 3.63) is 33.5 Å². The topological polar surface area (TPSA) is 60.2 Å². The van der Waals surface area contributed by atoms with Crippen LogP contribution in [0.3, 0.4) is 0 Å². The Morgan fingerprint density at radius 3 is 3.05 bits per heavy atom. The van der Waals surface area contributed by atoms with Crippen molar-refractivity contribution in [1.29, 1.82) is 0 Å². The molecular weight excluding hydrogens is 288 g/mol. The summed E-state index contributed by atoms with van der Waals surface area (Å²) in [4.78, 5) is 18.7. The molecule has 21 heavy (non-hydrogen) atoms. The summed E-state index contributed by atoms with van der Waals surface area (Å²) >= 11 is 1.50. The first-order chi connectivity index (χ1) is 10.1. The quantitative estimate of drug-likeness (QED) is 0.863. The third-order valence-electron chi connectivity index (χ3n) is 3.62. The number of thiazole rings is 1. The van der Waals surface area contributed by atoms with Gasteiger partial charge in [0.2, 0.25) is 0 Å². The zero-order valence-electron chi connectivity index (χ0n) is 12.4. The molecule has 3 rings (SSSR count). The second-order valence-electron chi connectivity index (χ2n) is 5.30. The van der Waals surface area contributed by atoms with E-state index in [0.29, 0.717) is 25.4 Å². The Labute approximate surface area is 127 Å². The predicted octanol–water partition coefficient (Wildman–Crippen LogP) is 1.57. The van der Waals surface area contributed by atoms with Gasteiger partial charge in [0.1, 0.15) is 5.69 Å². The highest BCUT2D eigenvalue weighted by Gasteiger charge is 2.31. The fourth-order valence-corrected chi connectivity index (χ4v) is 3.34. The van der Waals surface area contributed by atoms with Gasteiger partial charge in [-0.2, -0.15) is 5.10 Å². The van der Waals surface area contributed by atoms with Crippen molar-refractivity contribution in [3.63, 3.8) is 0 Å². The van der Waals surface area contributed by atoms with Crippen LogP contribution in [0.2, 0.25) is 0 Å². The van der Waals surface area contributed by atoms with E-state index in [-0.39, 0.29) is 11.8 Å². The second-order valence-corrected chi connectivity index (χ2v) is 6.37. The molecule has 3 heterocycles. The molecule has 112 valence electrons. The molecule has 0 saturated carbocycles. The van der Waals surface area contributed by atoms with Gasteiger partial charge in [-0.1, -0.05) is 0 Å². The molecule has 7 heteroatoms. The van der Waals surface area contributed by atoms with E-state index in [9.17, 15) is 4.79 Å². The normalized spacial score (nSPS) is 17.9. The SMILES string of the molecule is COCC1CN(C(=O)c2csc(C)n2)Cc2cn(C)nc21. The second kappa shape index (κ2) is 5.57. The number of fused-ring (bicyclic) bond motifs is 1. The fourth-order valence-electron chi connectivity index (χ4n) is 2.75. The number of hydrogen-bond donors (Lipinski definition) is 0. The molecule has 0 N–H and O–H groups in total. The van der Waals surface area contributed by atoms with Crippen LogP contribution in [0.15, 0.2) is 11.6 Å². The Balaban J connectivity index is 1.87. The van der Waals surface area contributed by atoms with Gasteiger partial charge in [-0.3, -0.25) is 9.48 Å². The van der Waals surface area contributed by atoms with E-state index in [2.05, 4.69) is 10.1 Å². The summed E-state index contributed by atoms with van der Waals surface area (Å²) in [6.45, 7) is 3.67. The zero-order valence-corrected chi connectivity index (χ0v) is 13.2. The molecule has 2 aromatic heterocycles. The van der Waals surface area contributed by atoms with Crippen molar-refractivity contribution >= 4 is 17.2 Å². The van der Waals surface area contributed by atoms with Crippen LogP contribution in [-0.4, -0.2) is 45.8 Å². The van der Waals surface area contributed by atoms with Crippen molar-refractivity contribution < 1.29 is 9.53 Å². The third kappa shape index (κ3) is 2.71. The van der Waals surface area contributed by atoms with Crippen molar-refractivity contribution in [2.45, 2.75) is 19.4 Å². The minimum absolute atomic E-state index is 0.0186. The number of rotatable bonds is 3. The molecule has 1 aliphatic heterocycles. The molecule has 0 aliphatic carbocycles. The molecule has 0 bridgehead atoms. The number of carbonyl (C=O) groups excluding carboxylic acids is 1. The lowest BCUT2D eigenvalue weighted by Crippen LogP contribution is -2.39. The highest BCUT2D eigenvalue weighted by Crippen LogP contribution is 2.28. The maximum Gasteiger partial charge on any atom is 0.273 e. The van der Waals surface area contributed by atoms with Crippen molar-refractivity contribution in [2.75, 3.05) is 20.3 Å². The number of hydrogen-bond acceptors (Lipinski definition) is 5. The molecule has 0 radical (unpaired) electrons. The average molecular weight is 306 g/mol. The largest absolute Gasteiger partial charge is 0.384 e. The van der Waals surface area contributed by atoms with E-state index in [1.807, 2.05) is 30.4 Å². The van der Waals surface area contributed by atoms with Gasteiger partial charge in [-0.15, -0.1) is 11.3 Å². The first-order valence-electron chi connectivity index (χ1n) is 6.81. The van der Waals surface area contributed by atoms with Crippen LogP contribution < -0.4 is 0 Å². The maximum absolute atomic E-state index is 12.6. The maximum atomic E-state index is 12.6. The first kappa shape index (κ1) is 14.2. The van der Waals surface area contributed by atoms with E-state index >= 15 is 0 Å². The van der Waals surface area contributed by atoms with Gasteiger partial charge in [-0.05, 0) is 6.92 Å². The van der Waals surface area contributed by atoms with Gasteiger partial charge in [0.25, 0.3) is 5.91 Å². The van der Waals surface area contributed by atoms with Gasteiger partial charge in [0.05, 0.1) is 17.3 Å². The smallest absolute Gasteiger partial charge is 0.273 e. The number of amides is 1. The number of aromatic nitrogens is 3. The van der Waals surface area contributed by atoms with E-state index in [1.165, 1.54) is 11.3 Å². The number of nitrogens with zero attached hydrogens (tertiary/aromatic N) is 4. The van der Waals surface area contributed by atoms with Crippen molar-refractivity contribution in [3.8, 4) is 0 Å². The standard InChI is InChI=1S/C14H18N4O2S/c1-9-15-12(8-21-9)14(19)18-5-10-4-17(2)16-13(10)11(6-18)7-20-3/h4,8,11H,5-7H2,1-3H3. The van der Waals surface area contributed by atoms with Gasteiger partial charge in [0, 0.05) is 50.3 Å². The highest BCUT2D eigenvalue weighted by atomic mass is 32.1. The van der Waals surface area contributed by atoms with Crippen LogP contribution in [-0.2, 0) is 18.3 Å². The molecule has 1 atom stereocenters. The summed E-state index contributed by atoms with van der Waals surface area (Å²) in [6, 6.07) is 0. The van der Waals surface area contributed by atoms with Gasteiger partial charge >= 0.3 is 0 Å². The Morgan fingerprint density at radius 2 is 2.38 bits per heavy atom. The predicted molar refractivity (Wildman–Crippen MR) is 79.4 cm³/mol. The number of carbonyl (C=O) groups is 1. The summed E-state index contributed by atoms with van der Waals surface area (Å²) in [5, 5.41) is 7.24. The highest BCUT2D eigenvalue weighted by molar-refractivity contribution is 7.09. The summed E-state index contributed by atoms with van der Waals surface area (Å²) < 4.78 is 7.08. The molecule has 0 saturated heterocycles. The Morgan fingerprint density at radius 1 is 1.57 bits per heavy atom. The fraction of sp³-hybridized carbons (Fsp3) is 0.500. The molecule has 6 nitrogen and oxygen atoms in total. The molecule has 1 amide bonds. The first-order valence-corrected chi connectivity index (χ1v) is 7.69. The lowest BCUT2D eigenvalue weighted by Gasteiger charge is -2.31. The van der Waals surface area contributed by atoms with Crippen molar-refractivity contribution in [1.82, 2.24) is 19.7 Å². The Bertz CT molecular complexity index is 664. The summed E-state index contributed by atoms with van der Waals surface area (Å²) in [5.74, 6) is 0.0959. The number of aryl methyl sites for hydroxylation is 2. The monoisotopic (exact) mass is 306 g/mol. The molecule has 2 aromatic rings. The Hall–Kier alpha value is -1.73. The van der Waals surface area contributed by atoms with Crippen LogP contribution in [0.4, 0.5) is 0 Å². The van der Waals surface area contributed by atoms with E-state index in [1.54, 1.807) is 11.8 Å². The lowest BCUT2D eigenvalue weighted by atomic mass is 9.97. The van der Waals surface area contributed by atoms with Gasteiger partial charge in [0.15, 0.2) is 0 Å². The summed E-state index contributed by atoms with van der Waals surface area (Å²) in [7, 11) is 3.57. The molecule has 1 unspecified atom stereocenters. The minimum atomic E-state index is -0.0186. The number of methoxy groups -OCH3 is 1. The van der Waals surface area contributed by atoms with Crippen molar-refractivity contribution in [2.24, 2.45) is 7.05 Å². The van der Waals surface area contributed by atoms with E-state index < -0.39 is 0 Å². The van der Waals surface area contributed by atoms with Crippen LogP contribution >= 0.6 is 11.3 Å².